The van der Waals surface area contributed by atoms with Gasteiger partial charge in [-0.3, -0.25) is 0 Å². The summed E-state index contributed by atoms with van der Waals surface area (Å²) in [6, 6.07) is 7.14. The Morgan fingerprint density at radius 1 is 1.47 bits per heavy atom. The SMILES string of the molecule is O=[C]OCCc1nnnn1-c1cccc(Cl)c1. The number of benzene rings is 1. The molecule has 1 aromatic heterocycles. The van der Waals surface area contributed by atoms with Gasteiger partial charge in [-0.15, -0.1) is 5.10 Å². The largest absolute Gasteiger partial charge is 0.457 e. The zero-order chi connectivity index (χ0) is 12.1. The van der Waals surface area contributed by atoms with Crippen LogP contribution in [0.5, 0.6) is 0 Å². The van der Waals surface area contributed by atoms with Gasteiger partial charge in [-0.05, 0) is 28.6 Å². The van der Waals surface area contributed by atoms with Crippen LogP contribution in [-0.2, 0) is 16.0 Å². The molecule has 0 saturated heterocycles. The van der Waals surface area contributed by atoms with Crippen molar-refractivity contribution < 1.29 is 9.53 Å². The molecule has 1 aromatic carbocycles. The van der Waals surface area contributed by atoms with Crippen LogP contribution in [0.4, 0.5) is 0 Å². The molecule has 0 bridgehead atoms. The monoisotopic (exact) mass is 251 g/mol. The molecule has 0 fully saturated rings. The van der Waals surface area contributed by atoms with Crippen molar-refractivity contribution in [2.75, 3.05) is 6.61 Å². The van der Waals surface area contributed by atoms with Crippen molar-refractivity contribution in [3.05, 3.63) is 35.1 Å². The molecule has 2 aromatic rings. The molecule has 0 saturated carbocycles. The maximum atomic E-state index is 9.91. The minimum atomic E-state index is 0.185. The number of hydrogen-bond acceptors (Lipinski definition) is 5. The Kier molecular flexibility index (Phi) is 3.66. The minimum Gasteiger partial charge on any atom is -0.457 e. The van der Waals surface area contributed by atoms with E-state index < -0.39 is 0 Å². The van der Waals surface area contributed by atoms with E-state index in [-0.39, 0.29) is 6.61 Å². The fourth-order valence-electron chi connectivity index (χ4n) is 1.35. The number of rotatable bonds is 5. The highest BCUT2D eigenvalue weighted by atomic mass is 35.5. The molecule has 0 N–H and O–H groups in total. The zero-order valence-corrected chi connectivity index (χ0v) is 9.46. The predicted octanol–water partition coefficient (Wildman–Crippen LogP) is 0.942. The van der Waals surface area contributed by atoms with Crippen molar-refractivity contribution in [3.8, 4) is 5.69 Å². The Labute approximate surface area is 102 Å². The van der Waals surface area contributed by atoms with Gasteiger partial charge in [0.05, 0.1) is 12.3 Å². The molecule has 7 heteroatoms. The van der Waals surface area contributed by atoms with Gasteiger partial charge < -0.3 is 4.74 Å². The summed E-state index contributed by atoms with van der Waals surface area (Å²) < 4.78 is 6.02. The second-order valence-electron chi connectivity index (χ2n) is 3.17. The lowest BCUT2D eigenvalue weighted by Crippen LogP contribution is -2.06. The van der Waals surface area contributed by atoms with E-state index in [2.05, 4.69) is 20.3 Å². The van der Waals surface area contributed by atoms with Crippen LogP contribution in [0, 0.1) is 0 Å². The zero-order valence-electron chi connectivity index (χ0n) is 8.71. The van der Waals surface area contributed by atoms with E-state index in [9.17, 15) is 4.79 Å². The van der Waals surface area contributed by atoms with E-state index >= 15 is 0 Å². The van der Waals surface area contributed by atoms with Gasteiger partial charge in [-0.25, -0.2) is 4.79 Å². The Morgan fingerprint density at radius 3 is 3.12 bits per heavy atom. The van der Waals surface area contributed by atoms with Crippen LogP contribution in [0.1, 0.15) is 5.82 Å². The summed E-state index contributed by atoms with van der Waals surface area (Å²) >= 11 is 5.88. The summed E-state index contributed by atoms with van der Waals surface area (Å²) in [5.41, 5.74) is 0.757. The molecule has 17 heavy (non-hydrogen) atoms. The average Bonchev–Trinajstić information content (AvgIpc) is 2.78. The summed E-state index contributed by atoms with van der Waals surface area (Å²) in [4.78, 5) is 9.91. The van der Waals surface area contributed by atoms with E-state index in [4.69, 9.17) is 11.6 Å². The molecule has 0 spiro atoms. The van der Waals surface area contributed by atoms with Gasteiger partial charge in [0.15, 0.2) is 5.82 Å². The molecule has 0 unspecified atom stereocenters. The fourth-order valence-corrected chi connectivity index (χ4v) is 1.54. The number of halogens is 1. The highest BCUT2D eigenvalue weighted by Gasteiger charge is 2.08. The summed E-state index contributed by atoms with van der Waals surface area (Å²) in [5.74, 6) is 0.586. The molecule has 87 valence electrons. The number of aromatic nitrogens is 4. The van der Waals surface area contributed by atoms with Crippen LogP contribution in [-0.4, -0.2) is 33.3 Å². The highest BCUT2D eigenvalue weighted by molar-refractivity contribution is 6.30. The third-order valence-corrected chi connectivity index (χ3v) is 2.31. The van der Waals surface area contributed by atoms with E-state index in [0.29, 0.717) is 17.3 Å². The number of tetrazole rings is 1. The number of hydrogen-bond donors (Lipinski definition) is 0. The number of carbonyl (C=O) groups excluding carboxylic acids is 1. The maximum Gasteiger partial charge on any atom is 0.417 e. The first-order valence-electron chi connectivity index (χ1n) is 4.83. The summed E-state index contributed by atoms with van der Waals surface area (Å²) in [5, 5.41) is 11.9. The number of nitrogens with zero attached hydrogens (tertiary/aromatic N) is 4. The molecule has 6 nitrogen and oxygen atoms in total. The minimum absolute atomic E-state index is 0.185. The van der Waals surface area contributed by atoms with E-state index in [1.165, 1.54) is 6.47 Å². The molecule has 0 amide bonds. The van der Waals surface area contributed by atoms with Crippen LogP contribution in [0.3, 0.4) is 0 Å². The molecule has 2 rings (SSSR count). The second-order valence-corrected chi connectivity index (χ2v) is 3.61. The first-order chi connectivity index (χ1) is 8.31. The van der Waals surface area contributed by atoms with Gasteiger partial charge >= 0.3 is 6.47 Å². The summed E-state index contributed by atoms with van der Waals surface area (Å²) in [6.45, 7) is 1.53. The van der Waals surface area contributed by atoms with Gasteiger partial charge in [0.1, 0.15) is 0 Å². The van der Waals surface area contributed by atoms with Crippen LogP contribution in [0.2, 0.25) is 5.02 Å². The Bertz CT molecular complexity index is 515. The Hall–Kier alpha value is -1.95. The molecule has 0 aliphatic carbocycles. The van der Waals surface area contributed by atoms with Crippen LogP contribution in [0.25, 0.3) is 5.69 Å². The van der Waals surface area contributed by atoms with Crippen molar-refractivity contribution in [1.29, 1.82) is 0 Å². The molecule has 0 aliphatic rings. The normalized spacial score (nSPS) is 10.2. The molecular formula is C10H8ClN4O2. The molecular weight excluding hydrogens is 244 g/mol. The smallest absolute Gasteiger partial charge is 0.417 e. The van der Waals surface area contributed by atoms with Gasteiger partial charge in [0.2, 0.25) is 0 Å². The topological polar surface area (TPSA) is 69.9 Å². The lowest BCUT2D eigenvalue weighted by atomic mass is 10.3. The summed E-state index contributed by atoms with van der Waals surface area (Å²) in [6.07, 6.45) is 0.411. The second kappa shape index (κ2) is 5.40. The van der Waals surface area contributed by atoms with Crippen LogP contribution in [0.15, 0.2) is 24.3 Å². The summed E-state index contributed by atoms with van der Waals surface area (Å²) in [7, 11) is 0. The van der Waals surface area contributed by atoms with Gasteiger partial charge in [0.25, 0.3) is 0 Å². The van der Waals surface area contributed by atoms with E-state index in [0.717, 1.165) is 5.69 Å². The lowest BCUT2D eigenvalue weighted by molar-refractivity contribution is 0.278. The maximum absolute atomic E-state index is 9.91. The van der Waals surface area contributed by atoms with Gasteiger partial charge in [0, 0.05) is 11.4 Å². The van der Waals surface area contributed by atoms with Crippen molar-refractivity contribution >= 4 is 18.1 Å². The third kappa shape index (κ3) is 2.79. The van der Waals surface area contributed by atoms with E-state index in [1.54, 1.807) is 22.9 Å². The molecule has 0 atom stereocenters. The van der Waals surface area contributed by atoms with E-state index in [1.807, 2.05) is 6.07 Å². The highest BCUT2D eigenvalue weighted by Crippen LogP contribution is 2.14. The van der Waals surface area contributed by atoms with Crippen molar-refractivity contribution in [1.82, 2.24) is 20.2 Å². The first kappa shape index (κ1) is 11.5. The van der Waals surface area contributed by atoms with Crippen molar-refractivity contribution in [2.24, 2.45) is 0 Å². The predicted molar refractivity (Wildman–Crippen MR) is 59.5 cm³/mol. The quantitative estimate of drug-likeness (QED) is 0.740. The molecule has 0 aliphatic heterocycles. The van der Waals surface area contributed by atoms with Crippen molar-refractivity contribution in [3.63, 3.8) is 0 Å². The molecule has 1 heterocycles. The number of ether oxygens (including phenoxy) is 1. The standard InChI is InChI=1S/C10H8ClN4O2/c11-8-2-1-3-9(6-8)15-10(12-13-14-15)4-5-17-7-16/h1-3,6H,4-5H2. The first-order valence-corrected chi connectivity index (χ1v) is 5.21. The fraction of sp³-hybridized carbons (Fsp3) is 0.200. The van der Waals surface area contributed by atoms with Gasteiger partial charge in [-0.2, -0.15) is 4.68 Å². The third-order valence-electron chi connectivity index (χ3n) is 2.07. The average molecular weight is 252 g/mol. The lowest BCUT2D eigenvalue weighted by Gasteiger charge is -2.03. The Balaban J connectivity index is 2.21. The van der Waals surface area contributed by atoms with Gasteiger partial charge in [-0.1, -0.05) is 17.7 Å². The Morgan fingerprint density at radius 2 is 2.35 bits per heavy atom. The van der Waals surface area contributed by atoms with Crippen LogP contribution >= 0.6 is 11.6 Å². The van der Waals surface area contributed by atoms with Crippen molar-refractivity contribution in [2.45, 2.75) is 6.42 Å². The van der Waals surface area contributed by atoms with Crippen LogP contribution < -0.4 is 0 Å². The molecule has 1 radical (unpaired) electrons.